The van der Waals surface area contributed by atoms with Gasteiger partial charge in [-0.15, -0.1) is 11.3 Å². The minimum atomic E-state index is -0.251. The number of hydrogen-bond donors (Lipinski definition) is 2. The molecule has 4 fully saturated rings. The summed E-state index contributed by atoms with van der Waals surface area (Å²) in [5.74, 6) is 3.02. The molecule has 0 bridgehead atoms. The molecule has 0 amide bonds. The van der Waals surface area contributed by atoms with Gasteiger partial charge in [-0.3, -0.25) is 0 Å². The van der Waals surface area contributed by atoms with Crippen molar-refractivity contribution in [2.45, 2.75) is 103 Å². The maximum atomic E-state index is 11.6. The second-order valence-electron chi connectivity index (χ2n) is 13.7. The Balaban J connectivity index is 1.25. The Bertz CT molecular complexity index is 1150. The van der Waals surface area contributed by atoms with Crippen LogP contribution in [0.1, 0.15) is 83.6 Å². The van der Waals surface area contributed by atoms with Gasteiger partial charge in [-0.1, -0.05) is 38.8 Å². The predicted molar refractivity (Wildman–Crippen MR) is 156 cm³/mol. The first-order chi connectivity index (χ1) is 18.2. The van der Waals surface area contributed by atoms with Gasteiger partial charge in [0.1, 0.15) is 0 Å². The van der Waals surface area contributed by atoms with Gasteiger partial charge in [-0.25, -0.2) is 4.98 Å². The first-order valence-electron chi connectivity index (χ1n) is 15.1. The van der Waals surface area contributed by atoms with Crippen molar-refractivity contribution < 1.29 is 14.9 Å². The first kappa shape index (κ1) is 27.4. The molecule has 0 spiro atoms. The highest BCUT2D eigenvalue weighted by Crippen LogP contribution is 2.69. The van der Waals surface area contributed by atoms with E-state index in [1.165, 1.54) is 29.0 Å². The molecule has 38 heavy (non-hydrogen) atoms. The number of aromatic nitrogens is 1. The minimum absolute atomic E-state index is 0.0933. The van der Waals surface area contributed by atoms with Crippen molar-refractivity contribution in [2.24, 2.45) is 46.3 Å². The van der Waals surface area contributed by atoms with Crippen LogP contribution >= 0.6 is 22.9 Å². The quantitative estimate of drug-likeness (QED) is 0.384. The third kappa shape index (κ3) is 4.29. The lowest BCUT2D eigenvalue weighted by Gasteiger charge is -2.64. The van der Waals surface area contributed by atoms with Gasteiger partial charge in [0.25, 0.3) is 0 Å². The van der Waals surface area contributed by atoms with Crippen LogP contribution in [0.5, 0.6) is 0 Å². The standard InChI is InChI=1S/C32H46ClNO3S/c1-5-18(6-11-29-34-25-16-20(33)7-10-27(25)38-29)22-8-9-23-30-24(17-28(37-4)32(22,23)3)31(2)13-12-21(35)14-19(31)15-26(30)36/h7,10,16,18-19,21-24,26,28,30,35-36H,5-6,8-9,11-15,17H2,1-4H3/t18?,19-,21+,22+,23-,24-,26+,28-,30-,31-,32+/m0/s1. The van der Waals surface area contributed by atoms with Crippen molar-refractivity contribution in [2.75, 3.05) is 7.11 Å². The SMILES string of the molecule is CCC(CCc1nc2cc(Cl)ccc2s1)[C@H]1CC[C@H]2[C@@H]3[C@H](O)C[C@@H]4C[C@H](O)CC[C@]4(C)[C@H]3C[C@H](OC)[C@]12C. The van der Waals surface area contributed by atoms with Gasteiger partial charge in [0.2, 0.25) is 0 Å². The molecule has 2 N–H and O–H groups in total. The number of aryl methyl sites for hydroxylation is 1. The lowest BCUT2D eigenvalue weighted by Crippen LogP contribution is -2.62. The fraction of sp³-hybridized carbons (Fsp3) is 0.781. The van der Waals surface area contributed by atoms with E-state index in [9.17, 15) is 10.2 Å². The van der Waals surface area contributed by atoms with Crippen LogP contribution in [0.4, 0.5) is 0 Å². The van der Waals surface area contributed by atoms with E-state index >= 15 is 0 Å². The van der Waals surface area contributed by atoms with Crippen molar-refractivity contribution in [1.29, 1.82) is 0 Å². The number of fused-ring (bicyclic) bond motifs is 6. The van der Waals surface area contributed by atoms with Crippen LogP contribution in [0.25, 0.3) is 10.2 Å². The zero-order chi connectivity index (χ0) is 26.8. The van der Waals surface area contributed by atoms with Crippen molar-refractivity contribution >= 4 is 33.2 Å². The summed E-state index contributed by atoms with van der Waals surface area (Å²) in [5, 5.41) is 24.0. The number of nitrogens with zero attached hydrogens (tertiary/aromatic N) is 1. The van der Waals surface area contributed by atoms with Gasteiger partial charge in [-0.05, 0) is 117 Å². The van der Waals surface area contributed by atoms with Crippen molar-refractivity contribution in [1.82, 2.24) is 4.98 Å². The van der Waals surface area contributed by atoms with Crippen molar-refractivity contribution in [3.63, 3.8) is 0 Å². The van der Waals surface area contributed by atoms with E-state index in [0.29, 0.717) is 35.5 Å². The zero-order valence-electron chi connectivity index (χ0n) is 23.5. The molecule has 210 valence electrons. The second-order valence-corrected chi connectivity index (χ2v) is 15.2. The maximum Gasteiger partial charge on any atom is 0.0938 e. The van der Waals surface area contributed by atoms with Gasteiger partial charge in [0, 0.05) is 17.5 Å². The van der Waals surface area contributed by atoms with E-state index in [4.69, 9.17) is 21.3 Å². The smallest absolute Gasteiger partial charge is 0.0938 e. The average Bonchev–Trinajstić information content (AvgIpc) is 3.45. The summed E-state index contributed by atoms with van der Waals surface area (Å²) in [5.41, 5.74) is 1.32. The molecule has 2 aromatic rings. The number of rotatable bonds is 6. The third-order valence-corrected chi connectivity index (χ3v) is 13.6. The number of thiazole rings is 1. The van der Waals surface area contributed by atoms with Gasteiger partial charge in [-0.2, -0.15) is 0 Å². The molecule has 1 aromatic carbocycles. The highest BCUT2D eigenvalue weighted by Gasteiger charge is 2.66. The zero-order valence-corrected chi connectivity index (χ0v) is 25.1. The molecule has 1 aromatic heterocycles. The molecule has 0 saturated heterocycles. The molecule has 4 saturated carbocycles. The van der Waals surface area contributed by atoms with E-state index in [2.05, 4.69) is 26.8 Å². The Morgan fingerprint density at radius 2 is 1.95 bits per heavy atom. The number of aliphatic hydroxyl groups is 2. The Morgan fingerprint density at radius 1 is 1.13 bits per heavy atom. The van der Waals surface area contributed by atoms with E-state index in [-0.39, 0.29) is 29.1 Å². The van der Waals surface area contributed by atoms with E-state index in [1.807, 2.05) is 30.6 Å². The summed E-state index contributed by atoms with van der Waals surface area (Å²) in [6.07, 6.45) is 10.3. The summed E-state index contributed by atoms with van der Waals surface area (Å²) >= 11 is 8.01. The molecule has 6 heteroatoms. The van der Waals surface area contributed by atoms with E-state index in [1.54, 1.807) is 0 Å². The topological polar surface area (TPSA) is 62.6 Å². The van der Waals surface area contributed by atoms with Crippen LogP contribution < -0.4 is 0 Å². The molecule has 0 aliphatic heterocycles. The highest BCUT2D eigenvalue weighted by atomic mass is 35.5. The Kier molecular flexibility index (Phi) is 7.43. The van der Waals surface area contributed by atoms with Gasteiger partial charge in [0.15, 0.2) is 0 Å². The van der Waals surface area contributed by atoms with E-state index < -0.39 is 0 Å². The second kappa shape index (κ2) is 10.3. The Labute approximate surface area is 237 Å². The Hall–Kier alpha value is -0.720. The molecule has 4 nitrogen and oxygen atoms in total. The van der Waals surface area contributed by atoms with Gasteiger partial charge in [0.05, 0.1) is 33.5 Å². The molecule has 1 unspecified atom stereocenters. The van der Waals surface area contributed by atoms with Crippen LogP contribution in [0.2, 0.25) is 5.02 Å². The number of halogens is 1. The van der Waals surface area contributed by atoms with Crippen molar-refractivity contribution in [3.8, 4) is 0 Å². The van der Waals surface area contributed by atoms with E-state index in [0.717, 1.165) is 55.5 Å². The van der Waals surface area contributed by atoms with Crippen LogP contribution in [-0.4, -0.2) is 40.6 Å². The molecular formula is C32H46ClNO3S. The fourth-order valence-electron chi connectivity index (χ4n) is 10.4. The lowest BCUT2D eigenvalue weighted by molar-refractivity contribution is -0.213. The predicted octanol–water partition coefficient (Wildman–Crippen LogP) is 7.52. The molecule has 6 rings (SSSR count). The highest BCUT2D eigenvalue weighted by molar-refractivity contribution is 7.18. The molecule has 1 heterocycles. The van der Waals surface area contributed by atoms with Gasteiger partial charge >= 0.3 is 0 Å². The summed E-state index contributed by atoms with van der Waals surface area (Å²) in [4.78, 5) is 4.91. The summed E-state index contributed by atoms with van der Waals surface area (Å²) in [7, 11) is 1.93. The third-order valence-electron chi connectivity index (χ3n) is 12.3. The molecule has 0 radical (unpaired) electrons. The largest absolute Gasteiger partial charge is 0.393 e. The van der Waals surface area contributed by atoms with Crippen LogP contribution in [0.3, 0.4) is 0 Å². The van der Waals surface area contributed by atoms with Gasteiger partial charge < -0.3 is 14.9 Å². The molecule has 11 atom stereocenters. The van der Waals surface area contributed by atoms with Crippen LogP contribution in [0.15, 0.2) is 18.2 Å². The van der Waals surface area contributed by atoms with Crippen molar-refractivity contribution in [3.05, 3.63) is 28.2 Å². The van der Waals surface area contributed by atoms with Crippen LogP contribution in [-0.2, 0) is 11.2 Å². The fourth-order valence-corrected chi connectivity index (χ4v) is 11.5. The normalized spacial score (nSPS) is 43.4. The number of methoxy groups -OCH3 is 1. The number of ether oxygens (including phenoxy) is 1. The summed E-state index contributed by atoms with van der Waals surface area (Å²) in [6, 6.07) is 6.03. The summed E-state index contributed by atoms with van der Waals surface area (Å²) in [6.45, 7) is 7.37. The monoisotopic (exact) mass is 559 g/mol. The average molecular weight is 560 g/mol. The minimum Gasteiger partial charge on any atom is -0.393 e. The summed E-state index contributed by atoms with van der Waals surface area (Å²) < 4.78 is 7.64. The molecule has 4 aliphatic carbocycles. The Morgan fingerprint density at radius 3 is 2.71 bits per heavy atom. The lowest BCUT2D eigenvalue weighted by atomic mass is 9.43. The molecule has 4 aliphatic rings. The number of hydrogen-bond acceptors (Lipinski definition) is 5. The first-order valence-corrected chi connectivity index (χ1v) is 16.3. The van der Waals surface area contributed by atoms with Crippen LogP contribution in [0, 0.1) is 46.3 Å². The number of benzene rings is 1. The maximum absolute atomic E-state index is 11.6. The molecular weight excluding hydrogens is 514 g/mol. The number of aliphatic hydroxyl groups excluding tert-OH is 2.